The molecule has 4 rings (SSSR count). The zero-order chi connectivity index (χ0) is 21.8. The quantitative estimate of drug-likeness (QED) is 0.598. The van der Waals surface area contributed by atoms with Crippen LogP contribution in [0.4, 0.5) is 11.5 Å². The van der Waals surface area contributed by atoms with Crippen molar-refractivity contribution in [3.8, 4) is 11.5 Å². The Balaban J connectivity index is 1.80. The number of carbonyl (C=O) groups excluding carboxylic acids is 1. The third-order valence-corrected chi connectivity index (χ3v) is 5.32. The number of anilines is 2. The Morgan fingerprint density at radius 3 is 2.94 bits per heavy atom. The van der Waals surface area contributed by atoms with Gasteiger partial charge in [-0.05, 0) is 30.8 Å². The van der Waals surface area contributed by atoms with Gasteiger partial charge >= 0.3 is 0 Å². The van der Waals surface area contributed by atoms with Gasteiger partial charge in [-0.25, -0.2) is 9.97 Å². The van der Waals surface area contributed by atoms with E-state index in [9.17, 15) is 4.79 Å². The number of methoxy groups -OCH3 is 1. The van der Waals surface area contributed by atoms with E-state index in [1.165, 1.54) is 6.33 Å². The standard InChI is InChI=1S/C22H24ClN5O3/c1-28-7-5-21(29)24-6-8-31-20-10-16-18(11-19(20)30-2)25-13-26-22(16)27-17-9-15(23)4-3-14(17)12-28/h3-4,9-11,13H,5-8,12H2,1-2H3,(H,24,29)(H,25,26,27). The molecule has 1 amide bonds. The van der Waals surface area contributed by atoms with Gasteiger partial charge in [0.05, 0.1) is 19.2 Å². The number of fused-ring (bicyclic) bond motifs is 2. The lowest BCUT2D eigenvalue weighted by atomic mass is 10.1. The summed E-state index contributed by atoms with van der Waals surface area (Å²) < 4.78 is 11.4. The van der Waals surface area contributed by atoms with Crippen molar-refractivity contribution in [2.24, 2.45) is 0 Å². The van der Waals surface area contributed by atoms with Crippen molar-refractivity contribution in [1.82, 2.24) is 20.2 Å². The molecule has 2 bridgehead atoms. The second kappa shape index (κ2) is 9.36. The molecule has 0 spiro atoms. The molecule has 1 aromatic heterocycles. The van der Waals surface area contributed by atoms with E-state index in [0.29, 0.717) is 55.0 Å². The lowest BCUT2D eigenvalue weighted by Crippen LogP contribution is -2.31. The van der Waals surface area contributed by atoms with Crippen LogP contribution < -0.4 is 20.1 Å². The molecule has 0 aliphatic carbocycles. The number of nitrogens with one attached hydrogen (secondary N) is 2. The third kappa shape index (κ3) is 4.98. The van der Waals surface area contributed by atoms with E-state index >= 15 is 0 Å². The van der Waals surface area contributed by atoms with E-state index in [1.807, 2.05) is 37.4 Å². The zero-order valence-corrected chi connectivity index (χ0v) is 18.2. The predicted molar refractivity (Wildman–Crippen MR) is 120 cm³/mol. The van der Waals surface area contributed by atoms with Crippen LogP contribution in [0.15, 0.2) is 36.7 Å². The van der Waals surface area contributed by atoms with Gasteiger partial charge in [0.2, 0.25) is 5.91 Å². The first-order chi connectivity index (χ1) is 15.0. The molecule has 2 heterocycles. The predicted octanol–water partition coefficient (Wildman–Crippen LogP) is 3.37. The summed E-state index contributed by atoms with van der Waals surface area (Å²) in [6.45, 7) is 2.00. The van der Waals surface area contributed by atoms with Crippen molar-refractivity contribution in [2.75, 3.05) is 39.2 Å². The molecule has 162 valence electrons. The second-order valence-corrected chi connectivity index (χ2v) is 7.79. The first-order valence-electron chi connectivity index (χ1n) is 9.99. The maximum absolute atomic E-state index is 12.2. The Labute approximate surface area is 185 Å². The molecule has 2 N–H and O–H groups in total. The van der Waals surface area contributed by atoms with Crippen LogP contribution in [0.3, 0.4) is 0 Å². The number of benzene rings is 2. The van der Waals surface area contributed by atoms with Crippen molar-refractivity contribution in [3.05, 3.63) is 47.2 Å². The van der Waals surface area contributed by atoms with E-state index in [0.717, 1.165) is 22.2 Å². The molecular weight excluding hydrogens is 418 g/mol. The number of ether oxygens (including phenoxy) is 2. The first kappa shape index (κ1) is 21.1. The van der Waals surface area contributed by atoms with E-state index in [2.05, 4.69) is 25.5 Å². The van der Waals surface area contributed by atoms with Gasteiger partial charge in [0.1, 0.15) is 18.8 Å². The van der Waals surface area contributed by atoms with Crippen molar-refractivity contribution < 1.29 is 14.3 Å². The summed E-state index contributed by atoms with van der Waals surface area (Å²) in [7, 11) is 3.56. The summed E-state index contributed by atoms with van der Waals surface area (Å²) in [5.74, 6) is 1.75. The molecule has 1 aliphatic heterocycles. The average molecular weight is 442 g/mol. The minimum absolute atomic E-state index is 0.0156. The Morgan fingerprint density at radius 2 is 2.10 bits per heavy atom. The number of nitrogens with zero attached hydrogens (tertiary/aromatic N) is 3. The fraction of sp³-hybridized carbons (Fsp3) is 0.318. The smallest absolute Gasteiger partial charge is 0.221 e. The summed E-state index contributed by atoms with van der Waals surface area (Å²) in [6.07, 6.45) is 1.91. The van der Waals surface area contributed by atoms with Gasteiger partial charge in [0.25, 0.3) is 0 Å². The van der Waals surface area contributed by atoms with Crippen LogP contribution in [-0.2, 0) is 11.3 Å². The maximum atomic E-state index is 12.2. The SMILES string of the molecule is COc1cc2ncnc3c2cc1OCCNC(=O)CCN(C)Cc1ccc(Cl)cc1N3. The first-order valence-corrected chi connectivity index (χ1v) is 10.4. The molecule has 9 heteroatoms. The van der Waals surface area contributed by atoms with Crippen LogP contribution >= 0.6 is 11.6 Å². The van der Waals surface area contributed by atoms with Gasteiger partial charge in [-0.15, -0.1) is 0 Å². The van der Waals surface area contributed by atoms with Crippen LogP contribution in [0, 0.1) is 0 Å². The maximum Gasteiger partial charge on any atom is 0.221 e. The van der Waals surface area contributed by atoms with Crippen molar-refractivity contribution in [1.29, 1.82) is 0 Å². The molecule has 8 nitrogen and oxygen atoms in total. The lowest BCUT2D eigenvalue weighted by Gasteiger charge is -2.20. The number of hydrogen-bond donors (Lipinski definition) is 2. The third-order valence-electron chi connectivity index (χ3n) is 5.09. The number of rotatable bonds is 1. The number of halogens is 1. The number of hydrogen-bond acceptors (Lipinski definition) is 7. The molecule has 1 aliphatic rings. The van der Waals surface area contributed by atoms with Crippen molar-refractivity contribution >= 4 is 39.9 Å². The van der Waals surface area contributed by atoms with Crippen molar-refractivity contribution in [2.45, 2.75) is 13.0 Å². The van der Waals surface area contributed by atoms with E-state index in [1.54, 1.807) is 7.11 Å². The Bertz CT molecular complexity index is 1110. The lowest BCUT2D eigenvalue weighted by molar-refractivity contribution is -0.121. The monoisotopic (exact) mass is 441 g/mol. The zero-order valence-electron chi connectivity index (χ0n) is 17.4. The molecule has 0 radical (unpaired) electrons. The number of carbonyl (C=O) groups is 1. The highest BCUT2D eigenvalue weighted by atomic mass is 35.5. The van der Waals surface area contributed by atoms with Crippen LogP contribution in [0.2, 0.25) is 5.02 Å². The number of aromatic nitrogens is 2. The second-order valence-electron chi connectivity index (χ2n) is 7.36. The van der Waals surface area contributed by atoms with Crippen LogP contribution in [0.25, 0.3) is 10.9 Å². The Hall–Kier alpha value is -3.10. The Morgan fingerprint density at radius 1 is 1.23 bits per heavy atom. The minimum atomic E-state index is -0.0156. The number of amides is 1. The molecule has 31 heavy (non-hydrogen) atoms. The fourth-order valence-corrected chi connectivity index (χ4v) is 3.64. The molecule has 0 saturated heterocycles. The van der Waals surface area contributed by atoms with Gasteiger partial charge in [-0.3, -0.25) is 4.79 Å². The molecule has 0 saturated carbocycles. The van der Waals surface area contributed by atoms with Crippen LogP contribution in [-0.4, -0.2) is 54.6 Å². The topological polar surface area (TPSA) is 88.6 Å². The molecule has 2 aromatic carbocycles. The summed E-state index contributed by atoms with van der Waals surface area (Å²) in [4.78, 5) is 23.1. The average Bonchev–Trinajstić information content (AvgIpc) is 2.76. The van der Waals surface area contributed by atoms with E-state index < -0.39 is 0 Å². The largest absolute Gasteiger partial charge is 0.493 e. The molecule has 0 atom stereocenters. The molecule has 3 aromatic rings. The summed E-state index contributed by atoms with van der Waals surface area (Å²) in [6, 6.07) is 9.36. The van der Waals surface area contributed by atoms with Crippen molar-refractivity contribution in [3.63, 3.8) is 0 Å². The van der Waals surface area contributed by atoms with Gasteiger partial charge in [-0.1, -0.05) is 17.7 Å². The van der Waals surface area contributed by atoms with Gasteiger partial charge in [0.15, 0.2) is 11.5 Å². The van der Waals surface area contributed by atoms with Crippen LogP contribution in [0.1, 0.15) is 12.0 Å². The van der Waals surface area contributed by atoms with E-state index in [4.69, 9.17) is 21.1 Å². The van der Waals surface area contributed by atoms with Crippen LogP contribution in [0.5, 0.6) is 11.5 Å². The summed E-state index contributed by atoms with van der Waals surface area (Å²) >= 11 is 6.28. The minimum Gasteiger partial charge on any atom is -0.493 e. The molecular formula is C22H24ClN5O3. The normalized spacial score (nSPS) is 15.6. The highest BCUT2D eigenvalue weighted by Crippen LogP contribution is 2.35. The summed E-state index contributed by atoms with van der Waals surface area (Å²) in [5, 5.41) is 7.70. The molecule has 0 unspecified atom stereocenters. The van der Waals surface area contributed by atoms with Gasteiger partial charge in [-0.2, -0.15) is 0 Å². The molecule has 0 fully saturated rings. The van der Waals surface area contributed by atoms with E-state index in [-0.39, 0.29) is 5.91 Å². The highest BCUT2D eigenvalue weighted by Gasteiger charge is 2.15. The summed E-state index contributed by atoms with van der Waals surface area (Å²) in [5.41, 5.74) is 2.60. The Kier molecular flexibility index (Phi) is 6.39. The van der Waals surface area contributed by atoms with Gasteiger partial charge in [0, 0.05) is 41.7 Å². The van der Waals surface area contributed by atoms with Gasteiger partial charge < -0.3 is 25.0 Å². The fourth-order valence-electron chi connectivity index (χ4n) is 3.47. The highest BCUT2D eigenvalue weighted by molar-refractivity contribution is 6.30.